The van der Waals surface area contributed by atoms with E-state index in [9.17, 15) is 5.11 Å². The summed E-state index contributed by atoms with van der Waals surface area (Å²) in [5.41, 5.74) is 8.50. The smallest absolute Gasteiger partial charge is 0.214 e. The summed E-state index contributed by atoms with van der Waals surface area (Å²) in [6.07, 6.45) is 3.57. The van der Waals surface area contributed by atoms with Crippen LogP contribution in [-0.4, -0.2) is 5.11 Å². The third-order valence-electron chi connectivity index (χ3n) is 3.41. The van der Waals surface area contributed by atoms with Crippen molar-refractivity contribution in [1.29, 1.82) is 0 Å². The Morgan fingerprint density at radius 2 is 2.05 bits per heavy atom. The van der Waals surface area contributed by atoms with Crippen molar-refractivity contribution in [3.63, 3.8) is 0 Å². The van der Waals surface area contributed by atoms with Crippen LogP contribution in [0.25, 0.3) is 22.6 Å². The second kappa shape index (κ2) is 5.40. The fourth-order valence-corrected chi connectivity index (χ4v) is 2.46. The molecule has 0 radical (unpaired) electrons. The van der Waals surface area contributed by atoms with Gasteiger partial charge in [-0.1, -0.05) is 37.6 Å². The molecule has 0 aliphatic carbocycles. The molecule has 4 heteroatoms. The number of aromatic hydroxyl groups is 1. The summed E-state index contributed by atoms with van der Waals surface area (Å²) in [7, 11) is 0. The van der Waals surface area contributed by atoms with Gasteiger partial charge in [0.05, 0.1) is 11.8 Å². The van der Waals surface area contributed by atoms with Crippen LogP contribution >= 0.6 is 0 Å². The number of nitrogen functional groups attached to an aromatic ring is 1. The van der Waals surface area contributed by atoms with E-state index in [0.717, 1.165) is 18.4 Å². The van der Waals surface area contributed by atoms with Crippen LogP contribution in [0.15, 0.2) is 51.5 Å². The van der Waals surface area contributed by atoms with Gasteiger partial charge in [-0.3, -0.25) is 0 Å². The Morgan fingerprint density at radius 1 is 1.19 bits per heavy atom. The highest BCUT2D eigenvalue weighted by atomic mass is 16.4. The van der Waals surface area contributed by atoms with Crippen molar-refractivity contribution in [1.82, 2.24) is 0 Å². The van der Waals surface area contributed by atoms with Crippen molar-refractivity contribution in [2.75, 3.05) is 5.73 Å². The maximum Gasteiger partial charge on any atom is 0.214 e. The van der Waals surface area contributed by atoms with Crippen LogP contribution in [-0.2, 0) is 6.42 Å². The second-order valence-electron chi connectivity index (χ2n) is 4.95. The molecule has 0 fully saturated rings. The van der Waals surface area contributed by atoms with Crippen LogP contribution in [0.2, 0.25) is 0 Å². The minimum absolute atomic E-state index is 0.0103. The van der Waals surface area contributed by atoms with Gasteiger partial charge in [0.1, 0.15) is 0 Å². The van der Waals surface area contributed by atoms with Gasteiger partial charge in [-0.2, -0.15) is 0 Å². The first-order valence-electron chi connectivity index (χ1n) is 6.95. The van der Waals surface area contributed by atoms with E-state index >= 15 is 0 Å². The summed E-state index contributed by atoms with van der Waals surface area (Å²) in [4.78, 5) is 0. The number of hydrogen-bond acceptors (Lipinski definition) is 4. The topological polar surface area (TPSA) is 72.5 Å². The van der Waals surface area contributed by atoms with Gasteiger partial charge in [0.15, 0.2) is 11.5 Å². The fraction of sp³-hybridized carbons (Fsp3) is 0.176. The molecule has 3 N–H and O–H groups in total. The van der Waals surface area contributed by atoms with E-state index in [1.807, 2.05) is 18.2 Å². The van der Waals surface area contributed by atoms with Crippen molar-refractivity contribution >= 4 is 5.88 Å². The Balaban J connectivity index is 2.09. The van der Waals surface area contributed by atoms with Crippen LogP contribution in [0.5, 0.6) is 5.75 Å². The van der Waals surface area contributed by atoms with Crippen LogP contribution < -0.4 is 5.73 Å². The summed E-state index contributed by atoms with van der Waals surface area (Å²) in [6, 6.07) is 11.4. The molecule has 21 heavy (non-hydrogen) atoms. The highest BCUT2D eigenvalue weighted by Crippen LogP contribution is 2.45. The first-order valence-corrected chi connectivity index (χ1v) is 6.95. The monoisotopic (exact) mass is 283 g/mol. The Morgan fingerprint density at radius 3 is 2.76 bits per heavy atom. The van der Waals surface area contributed by atoms with Crippen LogP contribution in [0, 0.1) is 0 Å². The van der Waals surface area contributed by atoms with Crippen molar-refractivity contribution in [2.24, 2.45) is 0 Å². The highest BCUT2D eigenvalue weighted by Gasteiger charge is 2.22. The number of anilines is 1. The molecule has 2 heterocycles. The fourth-order valence-electron chi connectivity index (χ4n) is 2.46. The van der Waals surface area contributed by atoms with Crippen molar-refractivity contribution in [2.45, 2.75) is 19.8 Å². The van der Waals surface area contributed by atoms with E-state index in [-0.39, 0.29) is 17.4 Å². The quantitative estimate of drug-likeness (QED) is 0.742. The molecule has 0 spiro atoms. The van der Waals surface area contributed by atoms with Gasteiger partial charge in [0.2, 0.25) is 11.6 Å². The normalized spacial score (nSPS) is 10.9. The van der Waals surface area contributed by atoms with Crippen molar-refractivity contribution in [3.8, 4) is 28.4 Å². The van der Waals surface area contributed by atoms with E-state index in [4.69, 9.17) is 14.6 Å². The third kappa shape index (κ3) is 2.40. The van der Waals surface area contributed by atoms with Gasteiger partial charge < -0.3 is 19.7 Å². The molecule has 0 atom stereocenters. The molecule has 4 nitrogen and oxygen atoms in total. The van der Waals surface area contributed by atoms with Gasteiger partial charge in [-0.05, 0) is 29.7 Å². The molecule has 0 unspecified atom stereocenters. The first kappa shape index (κ1) is 13.4. The predicted octanol–water partition coefficient (Wildman–Crippen LogP) is 4.45. The number of aryl methyl sites for hydroxylation is 1. The largest absolute Gasteiger partial charge is 0.504 e. The maximum atomic E-state index is 10.4. The van der Waals surface area contributed by atoms with Gasteiger partial charge in [0.25, 0.3) is 0 Å². The van der Waals surface area contributed by atoms with Crippen molar-refractivity contribution in [3.05, 3.63) is 48.2 Å². The summed E-state index contributed by atoms with van der Waals surface area (Å²) < 4.78 is 10.7. The zero-order valence-electron chi connectivity index (χ0n) is 11.8. The molecule has 0 aliphatic heterocycles. The lowest BCUT2D eigenvalue weighted by Crippen LogP contribution is -1.88. The second-order valence-corrected chi connectivity index (χ2v) is 4.95. The molecule has 3 rings (SSSR count). The minimum atomic E-state index is 0.0103. The molecule has 108 valence electrons. The summed E-state index contributed by atoms with van der Waals surface area (Å²) in [5.74, 6) is 0.909. The maximum absolute atomic E-state index is 10.4. The molecule has 2 aromatic heterocycles. The average Bonchev–Trinajstić information content (AvgIpc) is 3.08. The zero-order valence-corrected chi connectivity index (χ0v) is 11.8. The molecule has 0 aliphatic rings. The molecular formula is C17H17NO3. The number of nitrogens with two attached hydrogens (primary N) is 1. The molecule has 0 amide bonds. The predicted molar refractivity (Wildman–Crippen MR) is 81.9 cm³/mol. The number of benzene rings is 1. The van der Waals surface area contributed by atoms with E-state index in [0.29, 0.717) is 11.3 Å². The molecular weight excluding hydrogens is 266 g/mol. The Bertz CT molecular complexity index is 741. The summed E-state index contributed by atoms with van der Waals surface area (Å²) >= 11 is 0. The average molecular weight is 283 g/mol. The van der Waals surface area contributed by atoms with Gasteiger partial charge >= 0.3 is 0 Å². The Kier molecular flexibility index (Phi) is 3.44. The van der Waals surface area contributed by atoms with Crippen molar-refractivity contribution < 1.29 is 13.9 Å². The van der Waals surface area contributed by atoms with Crippen LogP contribution in [0.1, 0.15) is 18.9 Å². The van der Waals surface area contributed by atoms with E-state index < -0.39 is 0 Å². The number of furan rings is 2. The van der Waals surface area contributed by atoms with E-state index in [1.54, 1.807) is 12.1 Å². The number of rotatable bonds is 4. The van der Waals surface area contributed by atoms with E-state index in [2.05, 4.69) is 13.0 Å². The summed E-state index contributed by atoms with van der Waals surface area (Å²) in [5, 5.41) is 10.4. The molecule has 0 saturated carbocycles. The van der Waals surface area contributed by atoms with Gasteiger partial charge in [-0.15, -0.1) is 0 Å². The molecule has 1 aromatic carbocycles. The van der Waals surface area contributed by atoms with E-state index in [1.165, 1.54) is 11.8 Å². The zero-order chi connectivity index (χ0) is 14.8. The SMILES string of the molecule is CCCc1cccc(-c2c(N)oc(-c3ccco3)c2O)c1. The lowest BCUT2D eigenvalue weighted by Gasteiger charge is -2.04. The first-order chi connectivity index (χ1) is 10.2. The van der Waals surface area contributed by atoms with Crippen LogP contribution in [0.4, 0.5) is 5.88 Å². The third-order valence-corrected chi connectivity index (χ3v) is 3.41. The molecule has 3 aromatic rings. The van der Waals surface area contributed by atoms with Gasteiger partial charge in [0, 0.05) is 0 Å². The lowest BCUT2D eigenvalue weighted by atomic mass is 10.0. The minimum Gasteiger partial charge on any atom is -0.504 e. The number of hydrogen-bond donors (Lipinski definition) is 2. The van der Waals surface area contributed by atoms with Crippen LogP contribution in [0.3, 0.4) is 0 Å². The van der Waals surface area contributed by atoms with Gasteiger partial charge in [-0.25, -0.2) is 0 Å². The Labute approximate surface area is 122 Å². The summed E-state index contributed by atoms with van der Waals surface area (Å²) in [6.45, 7) is 2.13. The lowest BCUT2D eigenvalue weighted by molar-refractivity contribution is 0.457. The standard InChI is InChI=1S/C17H17NO3/c1-2-5-11-6-3-7-12(10-11)14-15(19)16(21-17(14)18)13-8-4-9-20-13/h3-4,6-10,19H,2,5,18H2,1H3. The Hall–Kier alpha value is -2.62. The highest BCUT2D eigenvalue weighted by molar-refractivity contribution is 5.85. The molecule has 0 bridgehead atoms. The molecule has 0 saturated heterocycles.